The minimum absolute atomic E-state index is 0.00542. The van der Waals surface area contributed by atoms with Crippen LogP contribution in [-0.4, -0.2) is 21.7 Å². The van der Waals surface area contributed by atoms with Crippen molar-refractivity contribution in [1.82, 2.24) is 0 Å². The minimum atomic E-state index is -4.30. The molecule has 0 heterocycles. The highest BCUT2D eigenvalue weighted by Crippen LogP contribution is 2.38. The molecule has 100 valence electrons. The lowest BCUT2D eigenvalue weighted by Gasteiger charge is -2.20. The third kappa shape index (κ3) is 4.37. The fourth-order valence-electron chi connectivity index (χ4n) is 2.11. The summed E-state index contributed by atoms with van der Waals surface area (Å²) in [6, 6.07) is 7.50. The zero-order chi connectivity index (χ0) is 13.9. The van der Waals surface area contributed by atoms with Gasteiger partial charge in [0.25, 0.3) is 0 Å². The van der Waals surface area contributed by atoms with Gasteiger partial charge in [0, 0.05) is 5.92 Å². The monoisotopic (exact) mass is 270 g/mol. The van der Waals surface area contributed by atoms with Crippen LogP contribution in [-0.2, 0) is 9.36 Å². The van der Waals surface area contributed by atoms with Crippen LogP contribution in [0.15, 0.2) is 24.3 Å². The molecule has 0 aromatic heterocycles. The number of carbonyl (C=O) groups excluding carboxylic acids is 1. The van der Waals surface area contributed by atoms with Crippen molar-refractivity contribution in [2.75, 3.05) is 6.16 Å². The van der Waals surface area contributed by atoms with E-state index >= 15 is 0 Å². The lowest BCUT2D eigenvalue weighted by Crippen LogP contribution is -2.21. The normalized spacial score (nSPS) is 13.7. The molecule has 0 aliphatic rings. The molecule has 5 heteroatoms. The van der Waals surface area contributed by atoms with Crippen molar-refractivity contribution in [2.45, 2.75) is 26.7 Å². The van der Waals surface area contributed by atoms with Crippen LogP contribution in [0.2, 0.25) is 0 Å². The number of benzene rings is 1. The Balaban J connectivity index is 3.04. The molecule has 0 unspecified atom stereocenters. The smallest absolute Gasteiger partial charge is 0.324 e. The van der Waals surface area contributed by atoms with Gasteiger partial charge in [-0.05, 0) is 18.4 Å². The summed E-state index contributed by atoms with van der Waals surface area (Å²) in [4.78, 5) is 29.8. The Morgan fingerprint density at radius 3 is 2.39 bits per heavy atom. The summed E-state index contributed by atoms with van der Waals surface area (Å²) in [7, 11) is -4.30. The Hall–Kier alpha value is -0.960. The quantitative estimate of drug-likeness (QED) is 0.806. The molecule has 1 aromatic carbocycles. The Kier molecular flexibility index (Phi) is 4.85. The molecule has 18 heavy (non-hydrogen) atoms. The van der Waals surface area contributed by atoms with Crippen LogP contribution < -0.4 is 0 Å². The first-order chi connectivity index (χ1) is 8.20. The van der Waals surface area contributed by atoms with Crippen LogP contribution in [0.5, 0.6) is 0 Å². The van der Waals surface area contributed by atoms with E-state index in [1.165, 1.54) is 0 Å². The molecule has 1 aromatic rings. The van der Waals surface area contributed by atoms with Crippen LogP contribution in [0.4, 0.5) is 0 Å². The fraction of sp³-hybridized carbons (Fsp3) is 0.462. The molecule has 0 fully saturated rings. The van der Waals surface area contributed by atoms with E-state index in [2.05, 4.69) is 0 Å². The molecule has 0 spiro atoms. The predicted octanol–water partition coefficient (Wildman–Crippen LogP) is 2.48. The summed E-state index contributed by atoms with van der Waals surface area (Å²) in [5, 5.41) is 0. The van der Waals surface area contributed by atoms with E-state index in [9.17, 15) is 9.36 Å². The number of ketones is 1. The van der Waals surface area contributed by atoms with E-state index in [0.29, 0.717) is 0 Å². The Morgan fingerprint density at radius 1 is 1.33 bits per heavy atom. The van der Waals surface area contributed by atoms with Gasteiger partial charge in [-0.15, -0.1) is 0 Å². The highest BCUT2D eigenvalue weighted by atomic mass is 31.2. The number of rotatable bonds is 5. The Labute approximate surface area is 107 Å². The molecule has 0 aliphatic heterocycles. The molecular weight excluding hydrogens is 251 g/mol. The van der Waals surface area contributed by atoms with Gasteiger partial charge in [-0.1, -0.05) is 43.7 Å². The average Bonchev–Trinajstić information content (AvgIpc) is 2.13. The van der Waals surface area contributed by atoms with Gasteiger partial charge < -0.3 is 9.79 Å². The Morgan fingerprint density at radius 2 is 1.94 bits per heavy atom. The van der Waals surface area contributed by atoms with Gasteiger partial charge in [-0.3, -0.25) is 9.36 Å². The van der Waals surface area contributed by atoms with Crippen molar-refractivity contribution >= 4 is 13.4 Å². The van der Waals surface area contributed by atoms with E-state index in [1.807, 2.05) is 45.0 Å². The van der Waals surface area contributed by atoms with Crippen LogP contribution >= 0.6 is 7.60 Å². The second kappa shape index (κ2) is 5.79. The van der Waals surface area contributed by atoms with Crippen molar-refractivity contribution < 1.29 is 19.1 Å². The maximum absolute atomic E-state index is 12.0. The number of carbonyl (C=O) groups is 1. The van der Waals surface area contributed by atoms with Crippen molar-refractivity contribution in [1.29, 1.82) is 0 Å². The minimum Gasteiger partial charge on any atom is -0.324 e. The lowest BCUT2D eigenvalue weighted by atomic mass is 9.85. The number of hydrogen-bond donors (Lipinski definition) is 2. The number of Topliss-reactive ketones (excluding diaryl/α,β-unsaturated/α-hetero) is 1. The molecule has 2 N–H and O–H groups in total. The maximum atomic E-state index is 12.0. The number of hydrogen-bond acceptors (Lipinski definition) is 2. The summed E-state index contributed by atoms with van der Waals surface area (Å²) in [6.07, 6.45) is -0.691. The molecule has 0 bridgehead atoms. The zero-order valence-electron chi connectivity index (χ0n) is 10.8. The summed E-state index contributed by atoms with van der Waals surface area (Å²) in [5.41, 5.74) is 1.85. The summed E-state index contributed by atoms with van der Waals surface area (Å²) >= 11 is 0. The molecule has 0 amide bonds. The second-order valence-electron chi connectivity index (χ2n) is 4.92. The topological polar surface area (TPSA) is 74.6 Å². The molecule has 1 rings (SSSR count). The first-order valence-electron chi connectivity index (χ1n) is 5.84. The SMILES string of the molecule is Cc1cccc([C@H](C(=O)CP(=O)(O)O)C(C)C)c1. The van der Waals surface area contributed by atoms with Gasteiger partial charge in [0.05, 0.1) is 0 Å². The molecule has 0 saturated carbocycles. The first kappa shape index (κ1) is 15.1. The van der Waals surface area contributed by atoms with E-state index in [0.717, 1.165) is 11.1 Å². The molecule has 4 nitrogen and oxygen atoms in total. The third-order valence-electron chi connectivity index (χ3n) is 2.78. The maximum Gasteiger partial charge on any atom is 0.332 e. The highest BCUT2D eigenvalue weighted by molar-refractivity contribution is 7.52. The highest BCUT2D eigenvalue weighted by Gasteiger charge is 2.29. The average molecular weight is 270 g/mol. The van der Waals surface area contributed by atoms with Crippen LogP contribution in [0, 0.1) is 12.8 Å². The van der Waals surface area contributed by atoms with Gasteiger partial charge in [0.15, 0.2) is 5.78 Å². The van der Waals surface area contributed by atoms with Crippen molar-refractivity contribution in [2.24, 2.45) is 5.92 Å². The number of aryl methyl sites for hydroxylation is 1. The summed E-state index contributed by atoms with van der Waals surface area (Å²) in [6.45, 7) is 5.68. The zero-order valence-corrected chi connectivity index (χ0v) is 11.7. The van der Waals surface area contributed by atoms with Gasteiger partial charge in [0.1, 0.15) is 6.16 Å². The van der Waals surface area contributed by atoms with E-state index in [-0.39, 0.29) is 5.92 Å². The predicted molar refractivity (Wildman–Crippen MR) is 70.7 cm³/mol. The van der Waals surface area contributed by atoms with Crippen LogP contribution in [0.3, 0.4) is 0 Å². The third-order valence-corrected chi connectivity index (χ3v) is 3.50. The van der Waals surface area contributed by atoms with E-state index in [4.69, 9.17) is 9.79 Å². The van der Waals surface area contributed by atoms with Gasteiger partial charge >= 0.3 is 7.60 Å². The standard InChI is InChI=1S/C13H19O4P/c1-9(2)13(12(14)8-18(15,16)17)11-6-4-5-10(3)7-11/h4-7,9,13H,8H2,1-3H3,(H2,15,16,17)/t13-/m1/s1. The van der Waals surface area contributed by atoms with Crippen molar-refractivity contribution in [3.63, 3.8) is 0 Å². The van der Waals surface area contributed by atoms with Crippen molar-refractivity contribution in [3.8, 4) is 0 Å². The fourth-order valence-corrected chi connectivity index (χ4v) is 2.71. The Bertz CT molecular complexity index is 476. The van der Waals surface area contributed by atoms with Crippen molar-refractivity contribution in [3.05, 3.63) is 35.4 Å². The van der Waals surface area contributed by atoms with Gasteiger partial charge in [-0.25, -0.2) is 0 Å². The lowest BCUT2D eigenvalue weighted by molar-refractivity contribution is -0.119. The first-order valence-corrected chi connectivity index (χ1v) is 7.64. The summed E-state index contributed by atoms with van der Waals surface area (Å²) < 4.78 is 10.9. The summed E-state index contributed by atoms with van der Waals surface area (Å²) in [5.74, 6) is -0.854. The molecule has 0 radical (unpaired) electrons. The molecule has 0 aliphatic carbocycles. The largest absolute Gasteiger partial charge is 0.332 e. The molecule has 0 saturated heterocycles. The van der Waals surface area contributed by atoms with E-state index in [1.54, 1.807) is 0 Å². The van der Waals surface area contributed by atoms with Crippen LogP contribution in [0.1, 0.15) is 30.9 Å². The van der Waals surface area contributed by atoms with E-state index < -0.39 is 25.5 Å². The van der Waals surface area contributed by atoms with Crippen LogP contribution in [0.25, 0.3) is 0 Å². The van der Waals surface area contributed by atoms with Gasteiger partial charge in [-0.2, -0.15) is 0 Å². The molecule has 1 atom stereocenters. The molecular formula is C13H19O4P. The van der Waals surface area contributed by atoms with Gasteiger partial charge in [0.2, 0.25) is 0 Å². The second-order valence-corrected chi connectivity index (χ2v) is 6.57.